The molecule has 3 aromatic rings. The van der Waals surface area contributed by atoms with Crippen molar-refractivity contribution >= 4 is 16.9 Å². The molecule has 8 heteroatoms. The van der Waals surface area contributed by atoms with Gasteiger partial charge in [-0.05, 0) is 44.2 Å². The Bertz CT molecular complexity index is 1430. The average Bonchev–Trinajstić information content (AvgIpc) is 3.24. The Hall–Kier alpha value is -3.44. The van der Waals surface area contributed by atoms with Crippen molar-refractivity contribution in [3.63, 3.8) is 0 Å². The number of amides is 1. The van der Waals surface area contributed by atoms with Crippen LogP contribution in [0.1, 0.15) is 70.2 Å². The van der Waals surface area contributed by atoms with Crippen molar-refractivity contribution in [1.29, 1.82) is 0 Å². The number of carbonyl (C=O) groups is 1. The smallest absolute Gasteiger partial charge is 0.387 e. The molecule has 2 aliphatic rings. The van der Waals surface area contributed by atoms with E-state index in [-0.39, 0.29) is 29.7 Å². The van der Waals surface area contributed by atoms with Gasteiger partial charge in [0, 0.05) is 40.6 Å². The zero-order valence-corrected chi connectivity index (χ0v) is 18.0. The molecule has 0 unspecified atom stereocenters. The van der Waals surface area contributed by atoms with Gasteiger partial charge in [-0.1, -0.05) is 17.9 Å². The Kier molecular flexibility index (Phi) is 4.13. The van der Waals surface area contributed by atoms with Gasteiger partial charge in [-0.2, -0.15) is 8.78 Å². The normalized spacial score (nSPS) is 21.0. The second-order valence-corrected chi connectivity index (χ2v) is 8.87. The molecule has 2 atom stereocenters. The zero-order chi connectivity index (χ0) is 26.0. The van der Waals surface area contributed by atoms with Gasteiger partial charge in [0.2, 0.25) is 0 Å². The molecule has 2 bridgehead atoms. The number of imidazole rings is 1. The third-order valence-electron chi connectivity index (χ3n) is 5.90. The van der Waals surface area contributed by atoms with Gasteiger partial charge in [-0.25, -0.2) is 4.98 Å². The number of benzene rings is 2. The van der Waals surface area contributed by atoms with Gasteiger partial charge >= 0.3 is 6.61 Å². The molecule has 0 saturated heterocycles. The lowest BCUT2D eigenvalue weighted by molar-refractivity contribution is -0.0507. The second kappa shape index (κ2) is 7.56. The first kappa shape index (κ1) is 18.0. The lowest BCUT2D eigenvalue weighted by Gasteiger charge is -2.24. The van der Waals surface area contributed by atoms with E-state index in [0.717, 1.165) is 4.90 Å². The summed E-state index contributed by atoms with van der Waals surface area (Å²) in [5.74, 6) is 5.35. The highest BCUT2D eigenvalue weighted by Crippen LogP contribution is 2.49. The first-order valence-electron chi connectivity index (χ1n) is 12.0. The lowest BCUT2D eigenvalue weighted by Crippen LogP contribution is -2.30. The number of alkyl halides is 2. The molecule has 1 aromatic heterocycles. The number of aliphatic hydroxyl groups is 1. The van der Waals surface area contributed by atoms with E-state index < -0.39 is 37.2 Å². The van der Waals surface area contributed by atoms with Crippen LogP contribution in [0.5, 0.6) is 5.75 Å². The predicted octanol–water partition coefficient (Wildman–Crippen LogP) is 4.27. The number of carbonyl (C=O) groups excluding carboxylic acids is 1. The highest BCUT2D eigenvalue weighted by Gasteiger charge is 2.45. The van der Waals surface area contributed by atoms with Crippen molar-refractivity contribution in [2.45, 2.75) is 51.0 Å². The standard InChI is InChI=1S/C25H23F2N3O3/c1-25(2,32)11-5-6-14-9-10-16-17(12-14)30-18-13-19(22(30)28-16)29(3)23(31)15-7-4-8-20(21(15)18)33-24(26)27/h4,7-10,12,18-19,24,32H,11,13H2,1-3H3/t18-,19-/m1/s1/i3D3. The molecule has 3 heterocycles. The van der Waals surface area contributed by atoms with Gasteiger partial charge in [-0.15, -0.1) is 0 Å². The molecule has 1 amide bonds. The predicted molar refractivity (Wildman–Crippen MR) is 118 cm³/mol. The third-order valence-corrected chi connectivity index (χ3v) is 5.90. The Balaban J connectivity index is 1.73. The van der Waals surface area contributed by atoms with Gasteiger partial charge < -0.3 is 19.3 Å². The molecule has 0 spiro atoms. The first-order chi connectivity index (χ1) is 16.8. The molecule has 33 heavy (non-hydrogen) atoms. The van der Waals surface area contributed by atoms with Gasteiger partial charge in [-0.3, -0.25) is 4.79 Å². The molecule has 6 nitrogen and oxygen atoms in total. The summed E-state index contributed by atoms with van der Waals surface area (Å²) in [7, 11) is 0. The number of hydrogen-bond acceptors (Lipinski definition) is 4. The number of fused-ring (bicyclic) bond motifs is 9. The van der Waals surface area contributed by atoms with Crippen LogP contribution in [0, 0.1) is 11.8 Å². The lowest BCUT2D eigenvalue weighted by atomic mass is 9.97. The van der Waals surface area contributed by atoms with E-state index in [1.54, 1.807) is 36.6 Å². The number of aromatic nitrogens is 2. The quantitative estimate of drug-likeness (QED) is 0.601. The molecule has 0 saturated carbocycles. The maximum atomic E-state index is 13.4. The van der Waals surface area contributed by atoms with Crippen LogP contribution in [-0.4, -0.2) is 44.7 Å². The molecular weight excluding hydrogens is 428 g/mol. The summed E-state index contributed by atoms with van der Waals surface area (Å²) < 4.78 is 57.3. The van der Waals surface area contributed by atoms with Crippen molar-refractivity contribution < 1.29 is 27.5 Å². The third kappa shape index (κ3) is 3.62. The van der Waals surface area contributed by atoms with Gasteiger partial charge in [0.1, 0.15) is 11.6 Å². The van der Waals surface area contributed by atoms with Crippen LogP contribution in [0.15, 0.2) is 36.4 Å². The molecule has 1 N–H and O–H groups in total. The summed E-state index contributed by atoms with van der Waals surface area (Å²) in [5, 5.41) is 9.92. The minimum atomic E-state index is -3.12. The number of nitrogens with zero attached hydrogens (tertiary/aromatic N) is 3. The van der Waals surface area contributed by atoms with Gasteiger partial charge in [0.25, 0.3) is 5.91 Å². The summed E-state index contributed by atoms with van der Waals surface area (Å²) in [5.41, 5.74) is 1.10. The van der Waals surface area contributed by atoms with Crippen LogP contribution < -0.4 is 4.74 Å². The largest absolute Gasteiger partial charge is 0.434 e. The summed E-state index contributed by atoms with van der Waals surface area (Å²) in [4.78, 5) is 18.9. The Morgan fingerprint density at radius 3 is 2.88 bits per heavy atom. The number of hydrogen-bond donors (Lipinski definition) is 1. The first-order valence-corrected chi connectivity index (χ1v) is 10.5. The molecule has 0 radical (unpaired) electrons. The van der Waals surface area contributed by atoms with Crippen molar-refractivity contribution in [2.24, 2.45) is 0 Å². The second-order valence-electron chi connectivity index (χ2n) is 8.87. The Morgan fingerprint density at radius 1 is 1.33 bits per heavy atom. The van der Waals surface area contributed by atoms with Gasteiger partial charge in [0.15, 0.2) is 0 Å². The van der Waals surface area contributed by atoms with E-state index in [4.69, 9.17) is 8.85 Å². The van der Waals surface area contributed by atoms with E-state index in [1.165, 1.54) is 18.2 Å². The number of ether oxygens (including phenoxy) is 1. The molecule has 0 fully saturated rings. The molecule has 2 aliphatic heterocycles. The highest BCUT2D eigenvalue weighted by molar-refractivity contribution is 5.97. The minimum Gasteiger partial charge on any atom is -0.434 e. The summed E-state index contributed by atoms with van der Waals surface area (Å²) >= 11 is 0. The van der Waals surface area contributed by atoms with E-state index in [0.29, 0.717) is 22.4 Å². The van der Waals surface area contributed by atoms with Crippen molar-refractivity contribution in [1.82, 2.24) is 14.5 Å². The summed E-state index contributed by atoms with van der Waals surface area (Å²) in [6, 6.07) is 7.93. The maximum absolute atomic E-state index is 13.4. The topological polar surface area (TPSA) is 67.6 Å². The monoisotopic (exact) mass is 454 g/mol. The molecular formula is C25H23F2N3O3. The Morgan fingerprint density at radius 2 is 2.15 bits per heavy atom. The van der Waals surface area contributed by atoms with Crippen LogP contribution in [0.2, 0.25) is 0 Å². The van der Waals surface area contributed by atoms with Crippen LogP contribution >= 0.6 is 0 Å². The number of rotatable bonds is 3. The highest BCUT2D eigenvalue weighted by atomic mass is 19.3. The fourth-order valence-electron chi connectivity index (χ4n) is 4.55. The van der Waals surface area contributed by atoms with E-state index in [9.17, 15) is 18.7 Å². The molecule has 2 aromatic carbocycles. The molecule has 170 valence electrons. The maximum Gasteiger partial charge on any atom is 0.387 e. The van der Waals surface area contributed by atoms with E-state index in [2.05, 4.69) is 16.8 Å². The van der Waals surface area contributed by atoms with E-state index >= 15 is 0 Å². The summed E-state index contributed by atoms with van der Waals surface area (Å²) in [6.45, 7) is -2.59. The average molecular weight is 454 g/mol. The SMILES string of the molecule is [2H]C([2H])([2H])N1C(=O)c2cccc(OC(F)F)c2[C@H]2C[C@@H]1c1nc3ccc(C#CCC(C)(C)O)cc3n12. The van der Waals surface area contributed by atoms with Crippen molar-refractivity contribution in [3.8, 4) is 17.6 Å². The molecule has 0 aliphatic carbocycles. The minimum absolute atomic E-state index is 0.00500. The van der Waals surface area contributed by atoms with Crippen LogP contribution in [-0.2, 0) is 0 Å². The zero-order valence-electron chi connectivity index (χ0n) is 21.0. The van der Waals surface area contributed by atoms with Crippen LogP contribution in [0.4, 0.5) is 8.78 Å². The summed E-state index contributed by atoms with van der Waals surface area (Å²) in [6.07, 6.45) is 0.408. The van der Waals surface area contributed by atoms with E-state index in [1.807, 2.05) is 0 Å². The van der Waals surface area contributed by atoms with Crippen molar-refractivity contribution in [2.75, 3.05) is 6.98 Å². The van der Waals surface area contributed by atoms with Crippen LogP contribution in [0.3, 0.4) is 0 Å². The molecule has 5 rings (SSSR count). The fraction of sp³-hybridized carbons (Fsp3) is 0.360. The fourth-order valence-corrected chi connectivity index (χ4v) is 4.55. The number of halogens is 2. The van der Waals surface area contributed by atoms with Crippen LogP contribution in [0.25, 0.3) is 11.0 Å². The Labute approximate surface area is 194 Å². The van der Waals surface area contributed by atoms with Crippen molar-refractivity contribution in [3.05, 3.63) is 58.9 Å². The van der Waals surface area contributed by atoms with Gasteiger partial charge in [0.05, 0.1) is 28.7 Å².